The quantitative estimate of drug-likeness (QED) is 0.778. The zero-order valence-electron chi connectivity index (χ0n) is 8.97. The molecule has 0 saturated heterocycles. The molecule has 0 aliphatic rings. The van der Waals surface area contributed by atoms with Gasteiger partial charge in [0.05, 0.1) is 5.56 Å². The minimum atomic E-state index is 0.270. The van der Waals surface area contributed by atoms with Crippen LogP contribution in [0.25, 0.3) is 11.1 Å². The SMILES string of the molecule is Cc1cccc(-c2cnc(N)c(C=O)c2)c1. The molecule has 3 nitrogen and oxygen atoms in total. The molecule has 80 valence electrons. The lowest BCUT2D eigenvalue weighted by Gasteiger charge is -2.04. The van der Waals surface area contributed by atoms with Crippen LogP contribution in [0.15, 0.2) is 36.5 Å². The molecule has 0 aliphatic carbocycles. The number of aldehydes is 1. The van der Waals surface area contributed by atoms with Gasteiger partial charge in [0, 0.05) is 11.8 Å². The number of carbonyl (C=O) groups excluding carboxylic acids is 1. The molecule has 1 aromatic carbocycles. The van der Waals surface area contributed by atoms with Gasteiger partial charge in [-0.3, -0.25) is 4.79 Å². The summed E-state index contributed by atoms with van der Waals surface area (Å²) in [5, 5.41) is 0. The molecule has 2 aromatic rings. The zero-order chi connectivity index (χ0) is 11.5. The van der Waals surface area contributed by atoms with Crippen molar-refractivity contribution in [2.45, 2.75) is 6.92 Å². The second kappa shape index (κ2) is 4.14. The summed E-state index contributed by atoms with van der Waals surface area (Å²) in [6, 6.07) is 9.77. The van der Waals surface area contributed by atoms with Crippen molar-refractivity contribution in [2.24, 2.45) is 0 Å². The van der Waals surface area contributed by atoms with Gasteiger partial charge < -0.3 is 5.73 Å². The number of rotatable bonds is 2. The first-order valence-electron chi connectivity index (χ1n) is 4.98. The van der Waals surface area contributed by atoms with Crippen LogP contribution < -0.4 is 5.73 Å². The molecule has 0 amide bonds. The third kappa shape index (κ3) is 1.93. The Balaban J connectivity index is 2.52. The Hall–Kier alpha value is -2.16. The maximum atomic E-state index is 10.8. The summed E-state index contributed by atoms with van der Waals surface area (Å²) < 4.78 is 0. The van der Waals surface area contributed by atoms with E-state index in [9.17, 15) is 4.79 Å². The normalized spacial score (nSPS) is 10.1. The van der Waals surface area contributed by atoms with Crippen LogP contribution in [0.5, 0.6) is 0 Å². The molecule has 0 saturated carbocycles. The number of benzene rings is 1. The van der Waals surface area contributed by atoms with Crippen molar-refractivity contribution in [3.8, 4) is 11.1 Å². The van der Waals surface area contributed by atoms with Gasteiger partial charge in [0.1, 0.15) is 5.82 Å². The summed E-state index contributed by atoms with van der Waals surface area (Å²) in [6.07, 6.45) is 2.40. The molecule has 2 rings (SSSR count). The molecular formula is C13H12N2O. The molecule has 3 heteroatoms. The number of carbonyl (C=O) groups is 1. The van der Waals surface area contributed by atoms with E-state index < -0.39 is 0 Å². The second-order valence-corrected chi connectivity index (χ2v) is 3.69. The topological polar surface area (TPSA) is 56.0 Å². The molecule has 0 aliphatic heterocycles. The molecule has 1 aromatic heterocycles. The highest BCUT2D eigenvalue weighted by Gasteiger charge is 2.03. The standard InChI is InChI=1S/C13H12N2O/c1-9-3-2-4-10(5-9)11-6-12(8-16)13(14)15-7-11/h2-8H,1H3,(H2,14,15). The summed E-state index contributed by atoms with van der Waals surface area (Å²) in [5.74, 6) is 0.270. The Labute approximate surface area is 93.9 Å². The minimum Gasteiger partial charge on any atom is -0.383 e. The van der Waals surface area contributed by atoms with Crippen molar-refractivity contribution in [2.75, 3.05) is 5.73 Å². The largest absolute Gasteiger partial charge is 0.383 e. The number of aromatic nitrogens is 1. The summed E-state index contributed by atoms with van der Waals surface area (Å²) in [4.78, 5) is 14.8. The minimum absolute atomic E-state index is 0.270. The van der Waals surface area contributed by atoms with Gasteiger partial charge in [0.25, 0.3) is 0 Å². The van der Waals surface area contributed by atoms with E-state index in [4.69, 9.17) is 5.73 Å². The smallest absolute Gasteiger partial charge is 0.153 e. The Morgan fingerprint density at radius 1 is 1.25 bits per heavy atom. The molecule has 0 atom stereocenters. The van der Waals surface area contributed by atoms with Crippen LogP contribution in [-0.4, -0.2) is 11.3 Å². The van der Waals surface area contributed by atoms with Crippen LogP contribution >= 0.6 is 0 Å². The molecule has 2 N–H and O–H groups in total. The Morgan fingerprint density at radius 3 is 2.75 bits per heavy atom. The fourth-order valence-corrected chi connectivity index (χ4v) is 1.57. The van der Waals surface area contributed by atoms with Crippen LogP contribution in [0.2, 0.25) is 0 Å². The molecule has 1 heterocycles. The number of pyridine rings is 1. The van der Waals surface area contributed by atoms with Crippen molar-refractivity contribution in [1.29, 1.82) is 0 Å². The number of nitrogen functional groups attached to an aromatic ring is 1. The highest BCUT2D eigenvalue weighted by molar-refractivity contribution is 5.84. The lowest BCUT2D eigenvalue weighted by atomic mass is 10.0. The number of anilines is 1. The molecular weight excluding hydrogens is 200 g/mol. The van der Waals surface area contributed by atoms with E-state index in [1.807, 2.05) is 31.2 Å². The average Bonchev–Trinajstić information content (AvgIpc) is 2.29. The van der Waals surface area contributed by atoms with Gasteiger partial charge in [-0.1, -0.05) is 29.8 Å². The highest BCUT2D eigenvalue weighted by atomic mass is 16.1. The second-order valence-electron chi connectivity index (χ2n) is 3.69. The van der Waals surface area contributed by atoms with Gasteiger partial charge >= 0.3 is 0 Å². The van der Waals surface area contributed by atoms with Crippen LogP contribution in [0.4, 0.5) is 5.82 Å². The van der Waals surface area contributed by atoms with Gasteiger partial charge in [-0.05, 0) is 18.6 Å². The number of nitrogens with two attached hydrogens (primary N) is 1. The van der Waals surface area contributed by atoms with Gasteiger partial charge in [0.2, 0.25) is 0 Å². The van der Waals surface area contributed by atoms with Crippen LogP contribution in [0.3, 0.4) is 0 Å². The van der Waals surface area contributed by atoms with Gasteiger partial charge in [-0.2, -0.15) is 0 Å². The van der Waals surface area contributed by atoms with Crippen molar-refractivity contribution < 1.29 is 4.79 Å². The van der Waals surface area contributed by atoms with Gasteiger partial charge in [-0.15, -0.1) is 0 Å². The Kier molecular flexibility index (Phi) is 2.68. The third-order valence-electron chi connectivity index (χ3n) is 2.43. The first-order valence-corrected chi connectivity index (χ1v) is 4.98. The van der Waals surface area contributed by atoms with Crippen LogP contribution in [-0.2, 0) is 0 Å². The van der Waals surface area contributed by atoms with E-state index in [2.05, 4.69) is 4.98 Å². The molecule has 0 fully saturated rings. The van der Waals surface area contributed by atoms with E-state index >= 15 is 0 Å². The first kappa shape index (κ1) is 10.4. The van der Waals surface area contributed by atoms with Crippen molar-refractivity contribution in [3.05, 3.63) is 47.7 Å². The lowest BCUT2D eigenvalue weighted by Crippen LogP contribution is -1.96. The average molecular weight is 212 g/mol. The summed E-state index contributed by atoms with van der Waals surface area (Å²) in [6.45, 7) is 2.02. The fraction of sp³-hybridized carbons (Fsp3) is 0.0769. The summed E-state index contributed by atoms with van der Waals surface area (Å²) in [7, 11) is 0. The number of nitrogens with zero attached hydrogens (tertiary/aromatic N) is 1. The van der Waals surface area contributed by atoms with E-state index in [-0.39, 0.29) is 5.82 Å². The Morgan fingerprint density at radius 2 is 2.06 bits per heavy atom. The fourth-order valence-electron chi connectivity index (χ4n) is 1.57. The van der Waals surface area contributed by atoms with E-state index in [1.165, 1.54) is 5.56 Å². The van der Waals surface area contributed by atoms with Crippen molar-refractivity contribution >= 4 is 12.1 Å². The van der Waals surface area contributed by atoms with E-state index in [1.54, 1.807) is 12.3 Å². The number of aryl methyl sites for hydroxylation is 1. The highest BCUT2D eigenvalue weighted by Crippen LogP contribution is 2.21. The molecule has 16 heavy (non-hydrogen) atoms. The number of hydrogen-bond donors (Lipinski definition) is 1. The molecule has 0 bridgehead atoms. The molecule has 0 unspecified atom stereocenters. The molecule has 0 radical (unpaired) electrons. The van der Waals surface area contributed by atoms with Crippen molar-refractivity contribution in [1.82, 2.24) is 4.98 Å². The summed E-state index contributed by atoms with van der Waals surface area (Å²) in [5.41, 5.74) is 9.10. The maximum absolute atomic E-state index is 10.8. The van der Waals surface area contributed by atoms with Gasteiger partial charge in [0.15, 0.2) is 6.29 Å². The predicted molar refractivity (Wildman–Crippen MR) is 64.2 cm³/mol. The van der Waals surface area contributed by atoms with E-state index in [0.29, 0.717) is 5.56 Å². The zero-order valence-corrected chi connectivity index (χ0v) is 8.97. The maximum Gasteiger partial charge on any atom is 0.153 e. The lowest BCUT2D eigenvalue weighted by molar-refractivity contribution is 0.112. The van der Waals surface area contributed by atoms with Gasteiger partial charge in [-0.25, -0.2) is 4.98 Å². The monoisotopic (exact) mass is 212 g/mol. The predicted octanol–water partition coefficient (Wildman–Crippen LogP) is 2.45. The third-order valence-corrected chi connectivity index (χ3v) is 2.43. The van der Waals surface area contributed by atoms with Crippen LogP contribution in [0.1, 0.15) is 15.9 Å². The first-order chi connectivity index (χ1) is 7.70. The van der Waals surface area contributed by atoms with Crippen LogP contribution in [0, 0.1) is 6.92 Å². The van der Waals surface area contributed by atoms with Crippen molar-refractivity contribution in [3.63, 3.8) is 0 Å². The Bertz CT molecular complexity index is 535. The number of hydrogen-bond acceptors (Lipinski definition) is 3. The molecule has 0 spiro atoms. The summed E-state index contributed by atoms with van der Waals surface area (Å²) >= 11 is 0. The van der Waals surface area contributed by atoms with E-state index in [0.717, 1.165) is 17.4 Å².